The maximum atomic E-state index is 13.6. The summed E-state index contributed by atoms with van der Waals surface area (Å²) in [6, 6.07) is 7.16. The molecule has 1 rings (SSSR count). The smallest absolute Gasteiger partial charge is 0.142 e. The number of nitriles is 4. The second kappa shape index (κ2) is 5.21. The molecular weight excluding hydrogens is 238 g/mol. The van der Waals surface area contributed by atoms with Crippen molar-refractivity contribution in [3.8, 4) is 24.3 Å². The quantitative estimate of drug-likeness (QED) is 0.654. The van der Waals surface area contributed by atoms with Crippen LogP contribution in [0.15, 0.2) is 12.1 Å². The van der Waals surface area contributed by atoms with E-state index in [2.05, 4.69) is 0 Å². The van der Waals surface area contributed by atoms with E-state index >= 15 is 0 Å². The zero-order valence-corrected chi connectivity index (χ0v) is 8.70. The first-order valence-corrected chi connectivity index (χ1v) is 4.43. The fraction of sp³-hybridized carbons (Fsp3) is 0. The van der Waals surface area contributed by atoms with Crippen molar-refractivity contribution in [1.82, 2.24) is 0 Å². The molecule has 0 radical (unpaired) electrons. The number of halogens is 2. The molecule has 4 nitrogen and oxygen atoms in total. The van der Waals surface area contributed by atoms with Gasteiger partial charge in [0.05, 0.1) is 5.22 Å². The number of hydrogen-bond acceptors (Lipinski definition) is 4. The minimum absolute atomic E-state index is 0.242. The summed E-state index contributed by atoms with van der Waals surface area (Å²) in [5.74, 6) is -2.35. The monoisotopic (exact) mass is 240 g/mol. The van der Waals surface area contributed by atoms with Crippen molar-refractivity contribution >= 4 is 11.1 Å². The number of nitrogens with zero attached hydrogens (tertiary/aromatic N) is 4. The molecule has 0 bridgehead atoms. The van der Waals surface area contributed by atoms with E-state index in [4.69, 9.17) is 21.0 Å². The summed E-state index contributed by atoms with van der Waals surface area (Å²) in [4.78, 5) is 0. The SMILES string of the molecule is N#CC(C#N)=c1cc(F)c(=C(C#N)C#N)c(F)c1. The lowest BCUT2D eigenvalue weighted by Crippen LogP contribution is -2.22. The Balaban J connectivity index is 3.97. The van der Waals surface area contributed by atoms with Gasteiger partial charge in [0.25, 0.3) is 0 Å². The van der Waals surface area contributed by atoms with Crippen LogP contribution < -0.4 is 10.4 Å². The highest BCUT2D eigenvalue weighted by atomic mass is 19.1. The van der Waals surface area contributed by atoms with Crippen LogP contribution in [0.2, 0.25) is 0 Å². The van der Waals surface area contributed by atoms with Gasteiger partial charge in [-0.1, -0.05) is 0 Å². The van der Waals surface area contributed by atoms with Gasteiger partial charge in [0, 0.05) is 5.22 Å². The molecule has 0 N–H and O–H groups in total. The topological polar surface area (TPSA) is 95.2 Å². The molecule has 84 valence electrons. The molecular formula is C12H2F2N4. The summed E-state index contributed by atoms with van der Waals surface area (Å²) >= 11 is 0. The van der Waals surface area contributed by atoms with Crippen molar-refractivity contribution in [3.05, 3.63) is 34.2 Å². The van der Waals surface area contributed by atoms with Gasteiger partial charge in [0.1, 0.15) is 47.1 Å². The van der Waals surface area contributed by atoms with Gasteiger partial charge < -0.3 is 0 Å². The van der Waals surface area contributed by atoms with Crippen LogP contribution in [0.4, 0.5) is 8.78 Å². The van der Waals surface area contributed by atoms with Gasteiger partial charge >= 0.3 is 0 Å². The number of rotatable bonds is 0. The molecule has 0 saturated carbocycles. The lowest BCUT2D eigenvalue weighted by molar-refractivity contribution is 0.566. The Morgan fingerprint density at radius 3 is 1.50 bits per heavy atom. The third kappa shape index (κ3) is 2.14. The Morgan fingerprint density at radius 2 is 1.17 bits per heavy atom. The Labute approximate surface area is 100 Å². The van der Waals surface area contributed by atoms with Crippen molar-refractivity contribution < 1.29 is 8.78 Å². The molecule has 1 aromatic carbocycles. The molecule has 18 heavy (non-hydrogen) atoms. The predicted octanol–water partition coefficient (Wildman–Crippen LogP) is 0.361. The first-order chi connectivity index (χ1) is 8.58. The molecule has 0 aliphatic carbocycles. The van der Waals surface area contributed by atoms with Crippen LogP contribution in [0.3, 0.4) is 0 Å². The molecule has 0 aliphatic heterocycles. The zero-order valence-electron chi connectivity index (χ0n) is 8.70. The number of hydrogen-bond donors (Lipinski definition) is 0. The van der Waals surface area contributed by atoms with Crippen molar-refractivity contribution in [2.75, 3.05) is 0 Å². The standard InChI is InChI=1S/C12H2F2N4/c13-10-1-7(8(3-15)4-16)2-11(14)12(10)9(5-17)6-18/h1-2H. The van der Waals surface area contributed by atoms with Gasteiger partial charge in [0.2, 0.25) is 0 Å². The van der Waals surface area contributed by atoms with Crippen LogP contribution >= 0.6 is 0 Å². The maximum absolute atomic E-state index is 13.6. The molecule has 0 heterocycles. The first-order valence-electron chi connectivity index (χ1n) is 4.43. The predicted molar refractivity (Wildman–Crippen MR) is 54.9 cm³/mol. The van der Waals surface area contributed by atoms with Gasteiger partial charge in [-0.25, -0.2) is 8.78 Å². The molecule has 0 spiro atoms. The highest BCUT2D eigenvalue weighted by molar-refractivity contribution is 5.74. The fourth-order valence-corrected chi connectivity index (χ4v) is 1.25. The van der Waals surface area contributed by atoms with Crippen LogP contribution in [0, 0.1) is 57.0 Å². The van der Waals surface area contributed by atoms with Crippen molar-refractivity contribution in [1.29, 1.82) is 21.0 Å². The zero-order chi connectivity index (χ0) is 13.7. The third-order valence-electron chi connectivity index (χ3n) is 2.03. The fourth-order valence-electron chi connectivity index (χ4n) is 1.25. The average Bonchev–Trinajstić information content (AvgIpc) is 2.35. The Bertz CT molecular complexity index is 734. The third-order valence-corrected chi connectivity index (χ3v) is 2.03. The van der Waals surface area contributed by atoms with Crippen LogP contribution in [0.25, 0.3) is 11.1 Å². The van der Waals surface area contributed by atoms with Crippen molar-refractivity contribution in [2.45, 2.75) is 0 Å². The van der Waals surface area contributed by atoms with E-state index in [9.17, 15) is 8.78 Å². The second-order valence-corrected chi connectivity index (χ2v) is 3.01. The minimum Gasteiger partial charge on any atom is -0.206 e. The van der Waals surface area contributed by atoms with Crippen molar-refractivity contribution in [2.24, 2.45) is 0 Å². The Hall–Kier alpha value is -3.22. The Morgan fingerprint density at radius 1 is 0.778 bits per heavy atom. The van der Waals surface area contributed by atoms with E-state index in [1.807, 2.05) is 0 Å². The van der Waals surface area contributed by atoms with Gasteiger partial charge in [0.15, 0.2) is 0 Å². The summed E-state index contributed by atoms with van der Waals surface area (Å²) < 4.78 is 27.1. The molecule has 0 aliphatic rings. The van der Waals surface area contributed by atoms with E-state index < -0.39 is 28.0 Å². The van der Waals surface area contributed by atoms with Gasteiger partial charge in [-0.05, 0) is 12.1 Å². The van der Waals surface area contributed by atoms with Crippen LogP contribution in [0.5, 0.6) is 0 Å². The lowest BCUT2D eigenvalue weighted by Gasteiger charge is -1.95. The van der Waals surface area contributed by atoms with Gasteiger partial charge in [-0.15, -0.1) is 0 Å². The number of benzene rings is 1. The summed E-state index contributed by atoms with van der Waals surface area (Å²) in [6.45, 7) is 0. The van der Waals surface area contributed by atoms with Gasteiger partial charge in [-0.2, -0.15) is 21.0 Å². The summed E-state index contributed by atoms with van der Waals surface area (Å²) in [7, 11) is 0. The minimum atomic E-state index is -1.17. The summed E-state index contributed by atoms with van der Waals surface area (Å²) in [5, 5.41) is 33.2. The molecule has 0 fully saturated rings. The van der Waals surface area contributed by atoms with Crippen LogP contribution in [-0.4, -0.2) is 0 Å². The molecule has 0 aromatic heterocycles. The maximum Gasteiger partial charge on any atom is 0.142 e. The highest BCUT2D eigenvalue weighted by Crippen LogP contribution is 1.97. The van der Waals surface area contributed by atoms with E-state index in [-0.39, 0.29) is 5.22 Å². The normalized spacial score (nSPS) is 8.33. The van der Waals surface area contributed by atoms with E-state index in [0.29, 0.717) is 0 Å². The van der Waals surface area contributed by atoms with Gasteiger partial charge in [-0.3, -0.25) is 0 Å². The molecule has 6 heteroatoms. The van der Waals surface area contributed by atoms with E-state index in [1.54, 1.807) is 0 Å². The van der Waals surface area contributed by atoms with E-state index in [0.717, 1.165) is 12.1 Å². The second-order valence-electron chi connectivity index (χ2n) is 3.01. The van der Waals surface area contributed by atoms with Crippen LogP contribution in [-0.2, 0) is 0 Å². The molecule has 0 saturated heterocycles. The first kappa shape index (κ1) is 12.8. The molecule has 0 amide bonds. The summed E-state index contributed by atoms with van der Waals surface area (Å²) in [6.07, 6.45) is 0. The average molecular weight is 240 g/mol. The molecule has 0 atom stereocenters. The molecule has 1 aromatic rings. The van der Waals surface area contributed by atoms with E-state index in [1.165, 1.54) is 24.3 Å². The molecule has 0 unspecified atom stereocenters. The summed E-state index contributed by atoms with van der Waals surface area (Å²) in [5.41, 5.74) is -1.18. The lowest BCUT2D eigenvalue weighted by atomic mass is 10.1. The van der Waals surface area contributed by atoms with Crippen molar-refractivity contribution in [3.63, 3.8) is 0 Å². The largest absolute Gasteiger partial charge is 0.206 e. The Kier molecular flexibility index (Phi) is 3.72. The highest BCUT2D eigenvalue weighted by Gasteiger charge is 2.09. The van der Waals surface area contributed by atoms with Crippen LogP contribution in [0.1, 0.15) is 0 Å².